The predicted molar refractivity (Wildman–Crippen MR) is 81.0 cm³/mol. The number of hydrogen-bond acceptors (Lipinski definition) is 3. The summed E-state index contributed by atoms with van der Waals surface area (Å²) >= 11 is 0. The Hall–Kier alpha value is -2.68. The standard InChI is InChI=1S/C13H10.C4H5N3/c1-3-7-12-10(5-1)9-11-6-2-4-8-13(11)12;1-2-4-6-7-5-3-1/h1-8H,9H2;1-4H,(H,5,6). The van der Waals surface area contributed by atoms with Gasteiger partial charge < -0.3 is 0 Å². The number of rotatable bonds is 0. The minimum atomic E-state index is 1.10. The van der Waals surface area contributed by atoms with Crippen LogP contribution in [-0.4, -0.2) is 0 Å². The van der Waals surface area contributed by atoms with Crippen molar-refractivity contribution in [3.63, 3.8) is 0 Å². The Kier molecular flexibility index (Phi) is 3.69. The Bertz CT molecular complexity index is 627. The van der Waals surface area contributed by atoms with Crippen LogP contribution < -0.4 is 5.43 Å². The van der Waals surface area contributed by atoms with Gasteiger partial charge in [-0.1, -0.05) is 53.8 Å². The molecular formula is C17H15N3. The van der Waals surface area contributed by atoms with Crippen LogP contribution in [0.2, 0.25) is 0 Å². The van der Waals surface area contributed by atoms with Gasteiger partial charge in [0, 0.05) is 6.20 Å². The highest BCUT2D eigenvalue weighted by Crippen LogP contribution is 2.35. The number of hydrogen-bond donors (Lipinski definition) is 1. The zero-order valence-electron chi connectivity index (χ0n) is 11.0. The number of nitrogens with one attached hydrogen (secondary N) is 1. The molecule has 3 heteroatoms. The zero-order chi connectivity index (χ0) is 13.6. The highest BCUT2D eigenvalue weighted by atomic mass is 15.4. The molecule has 0 saturated heterocycles. The average Bonchev–Trinajstić information content (AvgIpc) is 2.68. The second-order valence-corrected chi connectivity index (χ2v) is 4.54. The van der Waals surface area contributed by atoms with Crippen molar-refractivity contribution in [2.45, 2.75) is 6.42 Å². The summed E-state index contributed by atoms with van der Waals surface area (Å²) in [6.45, 7) is 0. The first-order valence-corrected chi connectivity index (χ1v) is 6.58. The van der Waals surface area contributed by atoms with Gasteiger partial charge in [0.1, 0.15) is 0 Å². The quantitative estimate of drug-likeness (QED) is 0.645. The van der Waals surface area contributed by atoms with Crippen molar-refractivity contribution in [1.82, 2.24) is 5.43 Å². The smallest absolute Gasteiger partial charge is 0.0513 e. The fraction of sp³-hybridized carbons (Fsp3) is 0.0588. The molecule has 0 spiro atoms. The molecule has 0 atom stereocenters. The van der Waals surface area contributed by atoms with Gasteiger partial charge in [-0.2, -0.15) is 0 Å². The molecule has 4 rings (SSSR count). The van der Waals surface area contributed by atoms with Gasteiger partial charge in [-0.25, -0.2) is 0 Å². The molecule has 1 heterocycles. The summed E-state index contributed by atoms with van der Waals surface area (Å²) in [6.07, 6.45) is 8.03. The van der Waals surface area contributed by atoms with Gasteiger partial charge in [-0.05, 0) is 40.8 Å². The molecular weight excluding hydrogens is 246 g/mol. The number of allylic oxidation sites excluding steroid dienone is 2. The Morgan fingerprint density at radius 1 is 0.800 bits per heavy atom. The minimum absolute atomic E-state index is 1.10. The van der Waals surface area contributed by atoms with Crippen LogP contribution in [0.25, 0.3) is 11.1 Å². The highest BCUT2D eigenvalue weighted by Gasteiger charge is 2.15. The number of nitrogens with zero attached hydrogens (tertiary/aromatic N) is 2. The topological polar surface area (TPSA) is 36.8 Å². The van der Waals surface area contributed by atoms with Gasteiger partial charge in [0.25, 0.3) is 0 Å². The van der Waals surface area contributed by atoms with E-state index in [2.05, 4.69) is 64.3 Å². The molecule has 0 amide bonds. The summed E-state index contributed by atoms with van der Waals surface area (Å²) in [5, 5.41) is 7.01. The van der Waals surface area contributed by atoms with Gasteiger partial charge in [-0.15, -0.1) is 5.11 Å². The van der Waals surface area contributed by atoms with Crippen LogP contribution >= 0.6 is 0 Å². The van der Waals surface area contributed by atoms with E-state index in [-0.39, 0.29) is 0 Å². The van der Waals surface area contributed by atoms with Gasteiger partial charge in [0.2, 0.25) is 0 Å². The SMILES string of the molecule is C1=CN=NNC=C1.c1ccc2c(c1)Cc1ccccc1-2. The van der Waals surface area contributed by atoms with Crippen molar-refractivity contribution in [2.24, 2.45) is 10.3 Å². The van der Waals surface area contributed by atoms with E-state index < -0.39 is 0 Å². The molecule has 0 bridgehead atoms. The van der Waals surface area contributed by atoms with E-state index in [1.54, 1.807) is 18.5 Å². The normalized spacial score (nSPS) is 13.6. The lowest BCUT2D eigenvalue weighted by Gasteiger charge is -1.98. The summed E-state index contributed by atoms with van der Waals surface area (Å²) in [5.74, 6) is 0. The number of fused-ring (bicyclic) bond motifs is 3. The van der Waals surface area contributed by atoms with Gasteiger partial charge in [0.05, 0.1) is 6.20 Å². The lowest BCUT2D eigenvalue weighted by molar-refractivity contribution is 0.876. The van der Waals surface area contributed by atoms with Crippen molar-refractivity contribution < 1.29 is 0 Å². The molecule has 1 aliphatic heterocycles. The molecule has 2 aromatic rings. The maximum absolute atomic E-state index is 3.54. The van der Waals surface area contributed by atoms with Crippen LogP contribution in [0.15, 0.2) is 83.4 Å². The van der Waals surface area contributed by atoms with Crippen molar-refractivity contribution in [2.75, 3.05) is 0 Å². The molecule has 0 unspecified atom stereocenters. The maximum Gasteiger partial charge on any atom is 0.0513 e. The molecule has 0 aromatic heterocycles. The fourth-order valence-electron chi connectivity index (χ4n) is 2.37. The Balaban J connectivity index is 0.000000147. The third-order valence-corrected chi connectivity index (χ3v) is 3.26. The Morgan fingerprint density at radius 2 is 1.45 bits per heavy atom. The van der Waals surface area contributed by atoms with E-state index in [1.165, 1.54) is 22.3 Å². The van der Waals surface area contributed by atoms with Crippen molar-refractivity contribution in [3.8, 4) is 11.1 Å². The molecule has 0 fully saturated rings. The summed E-state index contributed by atoms with van der Waals surface area (Å²) < 4.78 is 0. The van der Waals surface area contributed by atoms with Crippen LogP contribution in [-0.2, 0) is 6.42 Å². The van der Waals surface area contributed by atoms with E-state index in [0.29, 0.717) is 0 Å². The molecule has 1 aliphatic carbocycles. The Labute approximate surface area is 118 Å². The van der Waals surface area contributed by atoms with E-state index in [0.717, 1.165) is 6.42 Å². The third kappa shape index (κ3) is 2.67. The van der Waals surface area contributed by atoms with Crippen LogP contribution in [0.3, 0.4) is 0 Å². The maximum atomic E-state index is 3.54. The minimum Gasteiger partial charge on any atom is -0.267 e. The largest absolute Gasteiger partial charge is 0.267 e. The van der Waals surface area contributed by atoms with Gasteiger partial charge in [-0.3, -0.25) is 5.43 Å². The first-order valence-electron chi connectivity index (χ1n) is 6.58. The fourth-order valence-corrected chi connectivity index (χ4v) is 2.37. The second-order valence-electron chi connectivity index (χ2n) is 4.54. The molecule has 0 radical (unpaired) electrons. The lowest BCUT2D eigenvalue weighted by Crippen LogP contribution is -1.86. The summed E-state index contributed by atoms with van der Waals surface area (Å²) in [5.41, 5.74) is 8.32. The predicted octanol–water partition coefficient (Wildman–Crippen LogP) is 4.24. The molecule has 2 aromatic carbocycles. The van der Waals surface area contributed by atoms with Crippen LogP contribution in [0.4, 0.5) is 0 Å². The van der Waals surface area contributed by atoms with Crippen LogP contribution in [0, 0.1) is 0 Å². The van der Waals surface area contributed by atoms with E-state index in [4.69, 9.17) is 0 Å². The van der Waals surface area contributed by atoms with Gasteiger partial charge in [0.15, 0.2) is 0 Å². The van der Waals surface area contributed by atoms with Crippen molar-refractivity contribution >= 4 is 0 Å². The van der Waals surface area contributed by atoms with E-state index >= 15 is 0 Å². The van der Waals surface area contributed by atoms with Crippen molar-refractivity contribution in [3.05, 3.63) is 84.2 Å². The average molecular weight is 261 g/mol. The Morgan fingerprint density at radius 3 is 2.15 bits per heavy atom. The molecule has 20 heavy (non-hydrogen) atoms. The van der Waals surface area contributed by atoms with Crippen LogP contribution in [0.1, 0.15) is 11.1 Å². The number of benzene rings is 2. The zero-order valence-corrected chi connectivity index (χ0v) is 11.0. The summed E-state index contributed by atoms with van der Waals surface area (Å²) in [4.78, 5) is 0. The first-order chi connectivity index (χ1) is 9.95. The second kappa shape index (κ2) is 5.97. The van der Waals surface area contributed by atoms with E-state index in [1.807, 2.05) is 6.08 Å². The molecule has 0 saturated carbocycles. The molecule has 2 aliphatic rings. The first kappa shape index (κ1) is 12.4. The summed E-state index contributed by atoms with van der Waals surface area (Å²) in [6, 6.07) is 17.3. The summed E-state index contributed by atoms with van der Waals surface area (Å²) in [7, 11) is 0. The monoisotopic (exact) mass is 261 g/mol. The van der Waals surface area contributed by atoms with Gasteiger partial charge >= 0.3 is 0 Å². The van der Waals surface area contributed by atoms with E-state index in [9.17, 15) is 0 Å². The third-order valence-electron chi connectivity index (χ3n) is 3.26. The van der Waals surface area contributed by atoms with Crippen molar-refractivity contribution in [1.29, 1.82) is 0 Å². The highest BCUT2D eigenvalue weighted by molar-refractivity contribution is 5.76. The molecule has 98 valence electrons. The lowest BCUT2D eigenvalue weighted by atomic mass is 10.1. The molecule has 1 N–H and O–H groups in total. The molecule has 3 nitrogen and oxygen atoms in total. The van der Waals surface area contributed by atoms with Crippen LogP contribution in [0.5, 0.6) is 0 Å².